The Bertz CT molecular complexity index is 873. The van der Waals surface area contributed by atoms with Gasteiger partial charge in [-0.3, -0.25) is 5.73 Å². The average Bonchev–Trinajstić information content (AvgIpc) is 2.67. The molecule has 0 saturated heterocycles. The summed E-state index contributed by atoms with van der Waals surface area (Å²) in [6, 6.07) is 10.2. The topological polar surface area (TPSA) is 143 Å². The lowest BCUT2D eigenvalue weighted by atomic mass is 9.97. The Labute approximate surface area is 159 Å². The molecule has 0 aliphatic heterocycles. The second-order valence-corrected chi connectivity index (χ2v) is 5.73. The fourth-order valence-electron chi connectivity index (χ4n) is 2.37. The van der Waals surface area contributed by atoms with Gasteiger partial charge in [0.2, 0.25) is 6.23 Å². The molecular formula is C17H20N3O8+. The predicted octanol–water partition coefficient (Wildman–Crippen LogP) is 2.00. The molecule has 0 radical (unpaired) electrons. The van der Waals surface area contributed by atoms with Crippen LogP contribution in [0.15, 0.2) is 36.4 Å². The average molecular weight is 394 g/mol. The van der Waals surface area contributed by atoms with Crippen molar-refractivity contribution in [2.45, 2.75) is 25.5 Å². The van der Waals surface area contributed by atoms with E-state index in [-0.39, 0.29) is 0 Å². The molecule has 2 aromatic carbocycles. The van der Waals surface area contributed by atoms with Gasteiger partial charge in [-0.15, -0.1) is 15.0 Å². The summed E-state index contributed by atoms with van der Waals surface area (Å²) in [5.41, 5.74) is 5.80. The van der Waals surface area contributed by atoms with E-state index in [1.165, 1.54) is 7.11 Å². The van der Waals surface area contributed by atoms with E-state index in [4.69, 9.17) is 10.5 Å². The van der Waals surface area contributed by atoms with Gasteiger partial charge in [0.05, 0.1) is 7.11 Å². The molecule has 11 nitrogen and oxygen atoms in total. The molecule has 0 bridgehead atoms. The first-order valence-electron chi connectivity index (χ1n) is 8.30. The molecule has 0 heterocycles. The molecule has 2 rings (SSSR count). The zero-order valence-electron chi connectivity index (χ0n) is 15.3. The van der Waals surface area contributed by atoms with Gasteiger partial charge in [-0.1, -0.05) is 31.2 Å². The fourth-order valence-corrected chi connectivity index (χ4v) is 2.37. The van der Waals surface area contributed by atoms with Gasteiger partial charge in [0, 0.05) is 6.42 Å². The van der Waals surface area contributed by atoms with Crippen molar-refractivity contribution in [3.8, 4) is 5.75 Å². The number of benzene rings is 2. The van der Waals surface area contributed by atoms with Crippen molar-refractivity contribution in [3.63, 3.8) is 0 Å². The van der Waals surface area contributed by atoms with Crippen LogP contribution in [0.25, 0.3) is 10.8 Å². The van der Waals surface area contributed by atoms with E-state index >= 15 is 0 Å². The number of carbonyl (C=O) groups excluding carboxylic acids is 1. The molecule has 0 fully saturated rings. The highest BCUT2D eigenvalue weighted by Crippen LogP contribution is 2.26. The van der Waals surface area contributed by atoms with Gasteiger partial charge in [-0.2, -0.15) is 4.84 Å². The number of carbonyl (C=O) groups is 1. The van der Waals surface area contributed by atoms with Crippen LogP contribution >= 0.6 is 0 Å². The van der Waals surface area contributed by atoms with Crippen molar-refractivity contribution < 1.29 is 34.2 Å². The van der Waals surface area contributed by atoms with Gasteiger partial charge in [-0.25, -0.2) is 4.79 Å². The molecule has 2 atom stereocenters. The largest absolute Gasteiger partial charge is 0.497 e. The van der Waals surface area contributed by atoms with E-state index in [1.54, 1.807) is 43.3 Å². The Balaban J connectivity index is 2.26. The molecule has 2 N–H and O–H groups in total. The summed E-state index contributed by atoms with van der Waals surface area (Å²) < 4.78 is 5.15. The highest BCUT2D eigenvalue weighted by molar-refractivity contribution is 5.86. The van der Waals surface area contributed by atoms with E-state index < -0.39 is 34.9 Å². The van der Waals surface area contributed by atoms with Crippen LogP contribution in [0.5, 0.6) is 5.75 Å². The molecule has 0 aromatic heterocycles. The van der Waals surface area contributed by atoms with Gasteiger partial charge in [0.25, 0.3) is 5.09 Å². The summed E-state index contributed by atoms with van der Waals surface area (Å²) in [5.74, 6) is -1.68. The third kappa shape index (κ3) is 5.51. The molecule has 1 unspecified atom stereocenters. The first-order valence-corrected chi connectivity index (χ1v) is 8.30. The number of fused-ring (bicyclic) bond motifs is 1. The maximum atomic E-state index is 12.4. The minimum atomic E-state index is -1.24. The Morgan fingerprint density at radius 3 is 2.50 bits per heavy atom. The summed E-state index contributed by atoms with van der Waals surface area (Å²) >= 11 is 0. The van der Waals surface area contributed by atoms with Crippen molar-refractivity contribution in [3.05, 3.63) is 57.0 Å². The van der Waals surface area contributed by atoms with Crippen LogP contribution in [0.1, 0.15) is 24.8 Å². The van der Waals surface area contributed by atoms with Crippen LogP contribution in [-0.4, -0.2) is 36.1 Å². The van der Waals surface area contributed by atoms with Crippen LogP contribution in [0.2, 0.25) is 0 Å². The number of nitrogens with two attached hydrogens (primary N) is 1. The van der Waals surface area contributed by atoms with Crippen LogP contribution in [0, 0.1) is 15.0 Å². The molecule has 2 aromatic rings. The van der Waals surface area contributed by atoms with E-state index in [2.05, 4.69) is 14.5 Å². The minimum absolute atomic E-state index is 0.304. The molecular weight excluding hydrogens is 374 g/mol. The number of hydrogen-bond donors (Lipinski definition) is 1. The first-order chi connectivity index (χ1) is 13.3. The lowest BCUT2D eigenvalue weighted by molar-refractivity contribution is -0.970. The number of hydrogen-bond acceptors (Lipinski definition) is 9. The molecule has 0 aliphatic rings. The van der Waals surface area contributed by atoms with E-state index in [0.29, 0.717) is 17.7 Å². The smallest absolute Gasteiger partial charge is 0.487 e. The Morgan fingerprint density at radius 2 is 1.86 bits per heavy atom. The van der Waals surface area contributed by atoms with E-state index in [9.17, 15) is 19.8 Å². The van der Waals surface area contributed by atoms with Crippen molar-refractivity contribution in [2.24, 2.45) is 5.73 Å². The van der Waals surface area contributed by atoms with Crippen molar-refractivity contribution in [1.29, 1.82) is 0 Å². The third-order valence-electron chi connectivity index (χ3n) is 3.89. The van der Waals surface area contributed by atoms with Crippen LogP contribution in [-0.2, 0) is 19.3 Å². The van der Waals surface area contributed by atoms with Crippen LogP contribution < -0.4 is 10.5 Å². The lowest BCUT2D eigenvalue weighted by Gasteiger charge is -2.12. The van der Waals surface area contributed by atoms with Crippen LogP contribution in [0.4, 0.5) is 0 Å². The van der Waals surface area contributed by atoms with Gasteiger partial charge < -0.3 is 9.57 Å². The highest BCUT2D eigenvalue weighted by Gasteiger charge is 2.33. The standard InChI is InChI=1S/C17H20N3O8/c1-3-16(18)27-20(24)28-17(21)15(10-26-19(22)23)13-5-4-12-9-14(25-2)7-6-11(12)8-13/h4-9,15-16H,3,10,18H2,1-2H3/q+1/t15-,16?/m1/s1. The maximum Gasteiger partial charge on any atom is 0.487 e. The van der Waals surface area contributed by atoms with E-state index in [0.717, 1.165) is 10.8 Å². The van der Waals surface area contributed by atoms with Crippen LogP contribution in [0.3, 0.4) is 0 Å². The normalized spacial score (nSPS) is 12.7. The number of methoxy groups -OCH3 is 1. The molecule has 0 amide bonds. The molecule has 0 aliphatic carbocycles. The molecule has 28 heavy (non-hydrogen) atoms. The van der Waals surface area contributed by atoms with Gasteiger partial charge in [-0.05, 0) is 28.5 Å². The predicted molar refractivity (Wildman–Crippen MR) is 95.3 cm³/mol. The highest BCUT2D eigenvalue weighted by atomic mass is 17.0. The zero-order valence-corrected chi connectivity index (χ0v) is 15.3. The van der Waals surface area contributed by atoms with E-state index in [1.807, 2.05) is 0 Å². The lowest BCUT2D eigenvalue weighted by Crippen LogP contribution is -2.31. The molecule has 0 spiro atoms. The summed E-state index contributed by atoms with van der Waals surface area (Å²) in [7, 11) is 1.54. The molecule has 0 saturated carbocycles. The Kier molecular flexibility index (Phi) is 7.04. The molecule has 150 valence electrons. The number of nitrogens with zero attached hydrogens (tertiary/aromatic N) is 2. The zero-order chi connectivity index (χ0) is 20.7. The Morgan fingerprint density at radius 1 is 1.18 bits per heavy atom. The van der Waals surface area contributed by atoms with Crippen molar-refractivity contribution in [2.75, 3.05) is 13.7 Å². The summed E-state index contributed by atoms with van der Waals surface area (Å²) in [5, 5.41) is 10.7. The summed E-state index contributed by atoms with van der Waals surface area (Å²) in [6.07, 6.45) is -0.660. The first kappa shape index (κ1) is 20.8. The summed E-state index contributed by atoms with van der Waals surface area (Å²) in [4.78, 5) is 47.9. The van der Waals surface area contributed by atoms with Gasteiger partial charge in [0.15, 0.2) is 0 Å². The third-order valence-corrected chi connectivity index (χ3v) is 3.89. The second-order valence-electron chi connectivity index (χ2n) is 5.73. The van der Waals surface area contributed by atoms with Gasteiger partial charge in [0.1, 0.15) is 23.2 Å². The number of ether oxygens (including phenoxy) is 1. The maximum absolute atomic E-state index is 12.4. The monoisotopic (exact) mass is 394 g/mol. The van der Waals surface area contributed by atoms with Crippen molar-refractivity contribution in [1.82, 2.24) is 0 Å². The van der Waals surface area contributed by atoms with Crippen molar-refractivity contribution >= 4 is 16.7 Å². The van der Waals surface area contributed by atoms with Gasteiger partial charge >= 0.3 is 11.1 Å². The quantitative estimate of drug-likeness (QED) is 0.363. The molecule has 11 heteroatoms. The SMILES string of the molecule is CCC(N)O[N+](=O)OC(=O)[C@H](CO[N+](=O)[O-])c1ccc2cc(OC)ccc2c1. The number of rotatable bonds is 10. The minimum Gasteiger partial charge on any atom is -0.497 e. The fraction of sp³-hybridized carbons (Fsp3) is 0.353. The Hall–Kier alpha value is -3.47. The second kappa shape index (κ2) is 9.46. The summed E-state index contributed by atoms with van der Waals surface area (Å²) in [6.45, 7) is 1.03.